The number of hydrogen-bond acceptors (Lipinski definition) is 6. The summed E-state index contributed by atoms with van der Waals surface area (Å²) in [4.78, 5) is 6.35. The normalized spacial score (nSPS) is 23.8. The fourth-order valence-electron chi connectivity index (χ4n) is 4.67. The number of likely N-dealkylation sites (tertiary alicyclic amines) is 1. The zero-order valence-electron chi connectivity index (χ0n) is 17.4. The summed E-state index contributed by atoms with van der Waals surface area (Å²) in [6.45, 7) is 0.863. The maximum atomic E-state index is 14.7. The summed E-state index contributed by atoms with van der Waals surface area (Å²) < 4.78 is 48.2. The number of thiazole rings is 1. The van der Waals surface area contributed by atoms with Crippen molar-refractivity contribution in [3.63, 3.8) is 0 Å². The van der Waals surface area contributed by atoms with Gasteiger partial charge in [-0.1, -0.05) is 42.8 Å². The van der Waals surface area contributed by atoms with E-state index in [4.69, 9.17) is 4.74 Å². The summed E-state index contributed by atoms with van der Waals surface area (Å²) in [6.07, 6.45) is 3.45. The number of sulfonamides is 1. The molecule has 0 saturated carbocycles. The Hall–Kier alpha value is -2.49. The molecule has 2 aliphatic rings. The van der Waals surface area contributed by atoms with E-state index in [0.717, 1.165) is 31.4 Å². The minimum atomic E-state index is -3.85. The van der Waals surface area contributed by atoms with E-state index in [2.05, 4.69) is 26.7 Å². The molecule has 1 fully saturated rings. The van der Waals surface area contributed by atoms with Crippen LogP contribution >= 0.6 is 11.3 Å². The van der Waals surface area contributed by atoms with Crippen LogP contribution in [0, 0.1) is 0 Å². The SMILES string of the molecule is O=S(=O)(Nc1nccs1)c1ccc2c(c1)OC(F)CC2N1CCCCC1c1ccccc1. The summed E-state index contributed by atoms with van der Waals surface area (Å²) in [5, 5.41) is 1.97. The van der Waals surface area contributed by atoms with Crippen molar-refractivity contribution in [2.45, 2.75) is 49.0 Å². The molecular weight excluding hydrogens is 449 g/mol. The molecule has 3 unspecified atom stereocenters. The largest absolute Gasteiger partial charge is 0.460 e. The van der Waals surface area contributed by atoms with Crippen LogP contribution in [0.2, 0.25) is 0 Å². The zero-order chi connectivity index (χ0) is 22.1. The number of alkyl halides is 1. The van der Waals surface area contributed by atoms with Crippen LogP contribution in [-0.4, -0.2) is 31.2 Å². The van der Waals surface area contributed by atoms with E-state index in [1.54, 1.807) is 17.5 Å². The zero-order valence-corrected chi connectivity index (χ0v) is 19.0. The van der Waals surface area contributed by atoms with Crippen molar-refractivity contribution in [1.82, 2.24) is 9.88 Å². The molecule has 0 aliphatic carbocycles. The lowest BCUT2D eigenvalue weighted by molar-refractivity contribution is -0.0137. The van der Waals surface area contributed by atoms with Gasteiger partial charge in [0.2, 0.25) is 6.36 Å². The Labute approximate surface area is 191 Å². The van der Waals surface area contributed by atoms with Crippen molar-refractivity contribution in [2.24, 2.45) is 0 Å². The number of hydrogen-bond donors (Lipinski definition) is 1. The highest BCUT2D eigenvalue weighted by molar-refractivity contribution is 7.93. The molecule has 1 N–H and O–H groups in total. The van der Waals surface area contributed by atoms with Crippen LogP contribution in [0.25, 0.3) is 0 Å². The number of nitrogens with one attached hydrogen (secondary N) is 1. The molecule has 3 aromatic rings. The number of nitrogens with zero attached hydrogens (tertiary/aromatic N) is 2. The Morgan fingerprint density at radius 3 is 2.75 bits per heavy atom. The van der Waals surface area contributed by atoms with Gasteiger partial charge in [-0.3, -0.25) is 9.62 Å². The average Bonchev–Trinajstić information content (AvgIpc) is 3.31. The number of ether oxygens (including phenoxy) is 1. The van der Waals surface area contributed by atoms with Gasteiger partial charge in [0.1, 0.15) is 5.75 Å². The van der Waals surface area contributed by atoms with E-state index in [9.17, 15) is 12.8 Å². The third kappa shape index (κ3) is 4.24. The number of benzene rings is 2. The number of rotatable bonds is 5. The molecule has 0 radical (unpaired) electrons. The Bertz CT molecular complexity index is 1170. The lowest BCUT2D eigenvalue weighted by atomic mass is 9.89. The van der Waals surface area contributed by atoms with E-state index >= 15 is 0 Å². The first-order valence-electron chi connectivity index (χ1n) is 10.7. The molecule has 2 aliphatic heterocycles. The van der Waals surface area contributed by atoms with Gasteiger partial charge < -0.3 is 4.74 Å². The predicted octanol–water partition coefficient (Wildman–Crippen LogP) is 5.29. The molecule has 3 atom stereocenters. The van der Waals surface area contributed by atoms with E-state index in [1.807, 2.05) is 18.2 Å². The van der Waals surface area contributed by atoms with Crippen molar-refractivity contribution in [3.05, 3.63) is 71.2 Å². The van der Waals surface area contributed by atoms with Gasteiger partial charge in [-0.2, -0.15) is 0 Å². The molecule has 1 saturated heterocycles. The first-order valence-corrected chi connectivity index (χ1v) is 13.1. The minimum Gasteiger partial charge on any atom is -0.460 e. The maximum Gasteiger partial charge on any atom is 0.263 e. The molecule has 1 aromatic heterocycles. The molecule has 9 heteroatoms. The first-order chi connectivity index (χ1) is 15.5. The number of fused-ring (bicyclic) bond motifs is 1. The first kappa shape index (κ1) is 21.4. The fraction of sp³-hybridized carbons (Fsp3) is 0.348. The van der Waals surface area contributed by atoms with Crippen LogP contribution in [0.4, 0.5) is 9.52 Å². The fourth-order valence-corrected chi connectivity index (χ4v) is 6.47. The summed E-state index contributed by atoms with van der Waals surface area (Å²) in [6, 6.07) is 15.1. The highest BCUT2D eigenvalue weighted by Gasteiger charge is 2.37. The summed E-state index contributed by atoms with van der Waals surface area (Å²) >= 11 is 1.19. The highest BCUT2D eigenvalue weighted by Crippen LogP contribution is 2.45. The molecule has 5 rings (SSSR count). The molecule has 2 aromatic carbocycles. The maximum absolute atomic E-state index is 14.7. The van der Waals surface area contributed by atoms with Crippen molar-refractivity contribution in [3.8, 4) is 5.75 Å². The summed E-state index contributed by atoms with van der Waals surface area (Å²) in [5.41, 5.74) is 2.05. The molecule has 0 amide bonds. The van der Waals surface area contributed by atoms with Gasteiger partial charge >= 0.3 is 0 Å². The smallest absolute Gasteiger partial charge is 0.263 e. The standard InChI is InChI=1S/C23H24FN3O3S2/c24-22-15-20(27-12-5-4-8-19(27)16-6-2-1-3-7-16)18-10-9-17(14-21(18)30-22)32(28,29)26-23-25-11-13-31-23/h1-3,6-7,9-11,13-14,19-20,22H,4-5,8,12,15H2,(H,25,26). The van der Waals surface area contributed by atoms with Gasteiger partial charge in [0.15, 0.2) is 5.13 Å². The Morgan fingerprint density at radius 2 is 1.97 bits per heavy atom. The third-order valence-corrected chi connectivity index (χ3v) is 8.25. The van der Waals surface area contributed by atoms with E-state index in [-0.39, 0.29) is 34.3 Å². The van der Waals surface area contributed by atoms with Gasteiger partial charge in [-0.15, -0.1) is 11.3 Å². The Balaban J connectivity index is 1.48. The lowest BCUT2D eigenvalue weighted by Gasteiger charge is -2.44. The average molecular weight is 474 g/mol. The van der Waals surface area contributed by atoms with E-state index in [1.165, 1.54) is 29.2 Å². The monoisotopic (exact) mass is 473 g/mol. The third-order valence-electron chi connectivity index (χ3n) is 6.10. The minimum absolute atomic E-state index is 0.0255. The molecule has 0 spiro atoms. The molecule has 32 heavy (non-hydrogen) atoms. The molecule has 0 bridgehead atoms. The Kier molecular flexibility index (Phi) is 5.88. The van der Waals surface area contributed by atoms with Crippen LogP contribution in [0.1, 0.15) is 48.9 Å². The van der Waals surface area contributed by atoms with Crippen LogP contribution in [-0.2, 0) is 10.0 Å². The molecule has 168 valence electrons. The van der Waals surface area contributed by atoms with Gasteiger partial charge in [-0.25, -0.2) is 17.8 Å². The number of piperidine rings is 1. The van der Waals surface area contributed by atoms with E-state index in [0.29, 0.717) is 0 Å². The number of anilines is 1. The second-order valence-corrected chi connectivity index (χ2v) is 10.7. The highest BCUT2D eigenvalue weighted by atomic mass is 32.2. The van der Waals surface area contributed by atoms with Gasteiger partial charge in [0.25, 0.3) is 10.0 Å². The molecule has 3 heterocycles. The molecular formula is C23H24FN3O3S2. The quantitative estimate of drug-likeness (QED) is 0.545. The van der Waals surface area contributed by atoms with Crippen LogP contribution in [0.3, 0.4) is 0 Å². The predicted molar refractivity (Wildman–Crippen MR) is 122 cm³/mol. The number of halogens is 1. The van der Waals surface area contributed by atoms with Gasteiger partial charge in [-0.05, 0) is 31.0 Å². The van der Waals surface area contributed by atoms with Crippen molar-refractivity contribution in [2.75, 3.05) is 11.3 Å². The topological polar surface area (TPSA) is 71.5 Å². The van der Waals surface area contributed by atoms with Crippen LogP contribution < -0.4 is 9.46 Å². The number of aromatic nitrogens is 1. The van der Waals surface area contributed by atoms with Crippen molar-refractivity contribution in [1.29, 1.82) is 0 Å². The van der Waals surface area contributed by atoms with E-state index < -0.39 is 16.4 Å². The van der Waals surface area contributed by atoms with Gasteiger partial charge in [0.05, 0.1) is 4.90 Å². The van der Waals surface area contributed by atoms with Gasteiger partial charge in [0, 0.05) is 41.7 Å². The second kappa shape index (κ2) is 8.80. The second-order valence-electron chi connectivity index (χ2n) is 8.08. The van der Waals surface area contributed by atoms with Crippen LogP contribution in [0.5, 0.6) is 5.75 Å². The lowest BCUT2D eigenvalue weighted by Crippen LogP contribution is -2.40. The van der Waals surface area contributed by atoms with Crippen LogP contribution in [0.15, 0.2) is 65.0 Å². The van der Waals surface area contributed by atoms with Crippen molar-refractivity contribution < 1.29 is 17.5 Å². The summed E-state index contributed by atoms with van der Waals surface area (Å²) in [7, 11) is -3.85. The molecule has 6 nitrogen and oxygen atoms in total. The van der Waals surface area contributed by atoms with Crippen molar-refractivity contribution >= 4 is 26.5 Å². The Morgan fingerprint density at radius 1 is 1.12 bits per heavy atom. The summed E-state index contributed by atoms with van der Waals surface area (Å²) in [5.74, 6) is 0.285.